The fourth-order valence-corrected chi connectivity index (χ4v) is 5.88. The first kappa shape index (κ1) is 23.6. The Labute approximate surface area is 189 Å². The Hall–Kier alpha value is -2.03. The Morgan fingerprint density at radius 3 is 2.55 bits per heavy atom. The molecule has 1 saturated heterocycles. The number of nitrogens with one attached hydrogen (secondary N) is 1. The maximum atomic E-state index is 13.0. The second-order valence-electron chi connectivity index (χ2n) is 7.71. The molecule has 6 nitrogen and oxygen atoms in total. The minimum Gasteiger partial charge on any atom is -0.497 e. The van der Waals surface area contributed by atoms with Gasteiger partial charge in [-0.1, -0.05) is 29.8 Å². The van der Waals surface area contributed by atoms with Gasteiger partial charge in [-0.15, -0.1) is 0 Å². The number of rotatable bonds is 9. The first-order valence-electron chi connectivity index (χ1n) is 10.5. The van der Waals surface area contributed by atoms with Crippen LogP contribution < -0.4 is 10.1 Å². The van der Waals surface area contributed by atoms with Crippen LogP contribution in [0.3, 0.4) is 0 Å². The molecule has 2 aromatic carbocycles. The van der Waals surface area contributed by atoms with E-state index in [1.807, 2.05) is 0 Å². The number of ether oxygens (including phenoxy) is 1. The van der Waals surface area contributed by atoms with Gasteiger partial charge in [0.1, 0.15) is 5.75 Å². The molecule has 0 saturated carbocycles. The van der Waals surface area contributed by atoms with E-state index in [4.69, 9.17) is 4.74 Å². The summed E-state index contributed by atoms with van der Waals surface area (Å²) in [6, 6.07) is 14.8. The van der Waals surface area contributed by atoms with Crippen LogP contribution in [0, 0.1) is 12.8 Å². The number of hydrogen-bond donors (Lipinski definition) is 1. The van der Waals surface area contributed by atoms with Gasteiger partial charge in [-0.3, -0.25) is 4.79 Å². The largest absolute Gasteiger partial charge is 0.497 e. The van der Waals surface area contributed by atoms with Crippen molar-refractivity contribution in [3.8, 4) is 5.75 Å². The van der Waals surface area contributed by atoms with Gasteiger partial charge in [-0.05, 0) is 49.6 Å². The number of hydrogen-bond acceptors (Lipinski definition) is 5. The molecule has 3 rings (SSSR count). The topological polar surface area (TPSA) is 75.7 Å². The van der Waals surface area contributed by atoms with Crippen molar-refractivity contribution >= 4 is 27.7 Å². The zero-order chi connectivity index (χ0) is 22.3. The molecular formula is C23H30N2O4S2. The second kappa shape index (κ2) is 11.0. The zero-order valence-electron chi connectivity index (χ0n) is 18.0. The summed E-state index contributed by atoms with van der Waals surface area (Å²) < 4.78 is 32.4. The third-order valence-corrected chi connectivity index (χ3v) is 8.30. The quantitative estimate of drug-likeness (QED) is 0.578. The highest BCUT2D eigenvalue weighted by Gasteiger charge is 2.33. The summed E-state index contributed by atoms with van der Waals surface area (Å²) in [7, 11) is -2.08. The van der Waals surface area contributed by atoms with E-state index in [9.17, 15) is 13.2 Å². The summed E-state index contributed by atoms with van der Waals surface area (Å²) in [6.45, 7) is 3.30. The van der Waals surface area contributed by atoms with Gasteiger partial charge in [0.05, 0.1) is 17.9 Å². The lowest BCUT2D eigenvalue weighted by Gasteiger charge is -2.31. The molecule has 1 amide bonds. The number of aryl methyl sites for hydroxylation is 1. The number of thioether (sulfide) groups is 1. The predicted octanol–water partition coefficient (Wildman–Crippen LogP) is 3.45. The van der Waals surface area contributed by atoms with Crippen LogP contribution in [0.4, 0.5) is 0 Å². The van der Waals surface area contributed by atoms with E-state index < -0.39 is 10.0 Å². The van der Waals surface area contributed by atoms with Gasteiger partial charge in [0, 0.05) is 31.1 Å². The molecule has 8 heteroatoms. The standard InChI is InChI=1S/C23H30N2O4S2/c1-18-5-7-19(8-6-18)17-30-15-13-24-23(26)20-4-3-14-25(16-20)31(27,28)22-11-9-21(29-2)10-12-22/h5-12,20H,3-4,13-17H2,1-2H3,(H,24,26)/t20-/m1/s1. The summed E-state index contributed by atoms with van der Waals surface area (Å²) in [5.41, 5.74) is 2.52. The Morgan fingerprint density at radius 2 is 1.87 bits per heavy atom. The minimum atomic E-state index is -3.62. The van der Waals surface area contributed by atoms with Crippen LogP contribution in [-0.2, 0) is 20.6 Å². The van der Waals surface area contributed by atoms with Gasteiger partial charge in [-0.25, -0.2) is 8.42 Å². The molecular weight excluding hydrogens is 432 g/mol. The van der Waals surface area contributed by atoms with Gasteiger partial charge in [0.2, 0.25) is 15.9 Å². The Kier molecular flexibility index (Phi) is 8.40. The molecule has 168 valence electrons. The van der Waals surface area contributed by atoms with Crippen molar-refractivity contribution in [1.82, 2.24) is 9.62 Å². The molecule has 1 N–H and O–H groups in total. The normalized spacial score (nSPS) is 17.3. The van der Waals surface area contributed by atoms with Gasteiger partial charge in [-0.2, -0.15) is 16.1 Å². The van der Waals surface area contributed by atoms with Crippen LogP contribution in [0.2, 0.25) is 0 Å². The lowest BCUT2D eigenvalue weighted by atomic mass is 9.99. The number of sulfonamides is 1. The van der Waals surface area contributed by atoms with Crippen molar-refractivity contribution in [3.63, 3.8) is 0 Å². The van der Waals surface area contributed by atoms with Crippen LogP contribution in [0.15, 0.2) is 53.4 Å². The highest BCUT2D eigenvalue weighted by atomic mass is 32.2. The molecule has 1 aliphatic rings. The zero-order valence-corrected chi connectivity index (χ0v) is 19.7. The van der Waals surface area contributed by atoms with Crippen LogP contribution in [0.1, 0.15) is 24.0 Å². The molecule has 1 aliphatic heterocycles. The summed E-state index contributed by atoms with van der Waals surface area (Å²) in [6.07, 6.45) is 1.38. The Bertz CT molecular complexity index is 960. The number of amides is 1. The van der Waals surface area contributed by atoms with Crippen LogP contribution >= 0.6 is 11.8 Å². The fraction of sp³-hybridized carbons (Fsp3) is 0.435. The fourth-order valence-electron chi connectivity index (χ4n) is 3.54. The molecule has 0 bridgehead atoms. The Morgan fingerprint density at radius 1 is 1.16 bits per heavy atom. The van der Waals surface area contributed by atoms with Crippen LogP contribution in [-0.4, -0.2) is 51.1 Å². The van der Waals surface area contributed by atoms with Gasteiger partial charge >= 0.3 is 0 Å². The molecule has 0 radical (unpaired) electrons. The highest BCUT2D eigenvalue weighted by molar-refractivity contribution is 7.98. The average molecular weight is 463 g/mol. The van der Waals surface area contributed by atoms with Gasteiger partial charge in [0.25, 0.3) is 0 Å². The first-order chi connectivity index (χ1) is 14.9. The van der Waals surface area contributed by atoms with Gasteiger partial charge < -0.3 is 10.1 Å². The van der Waals surface area contributed by atoms with Crippen molar-refractivity contribution in [1.29, 1.82) is 0 Å². The summed E-state index contributed by atoms with van der Waals surface area (Å²) in [4.78, 5) is 12.8. The third-order valence-electron chi connectivity index (χ3n) is 5.39. The van der Waals surface area contributed by atoms with E-state index in [0.717, 1.165) is 11.5 Å². The van der Waals surface area contributed by atoms with E-state index in [1.54, 1.807) is 43.1 Å². The van der Waals surface area contributed by atoms with E-state index in [0.29, 0.717) is 31.7 Å². The smallest absolute Gasteiger partial charge is 0.243 e. The molecule has 0 aliphatic carbocycles. The summed E-state index contributed by atoms with van der Waals surface area (Å²) in [5.74, 6) is 1.96. The van der Waals surface area contributed by atoms with Crippen molar-refractivity contribution in [2.24, 2.45) is 5.92 Å². The second-order valence-corrected chi connectivity index (χ2v) is 10.8. The maximum Gasteiger partial charge on any atom is 0.243 e. The minimum absolute atomic E-state index is 0.0643. The van der Waals surface area contributed by atoms with Crippen LogP contribution in [0.25, 0.3) is 0 Å². The van der Waals surface area contributed by atoms with Crippen molar-refractivity contribution in [2.75, 3.05) is 32.5 Å². The van der Waals surface area contributed by atoms with E-state index in [-0.39, 0.29) is 23.3 Å². The molecule has 1 atom stereocenters. The lowest BCUT2D eigenvalue weighted by molar-refractivity contribution is -0.125. The highest BCUT2D eigenvalue weighted by Crippen LogP contribution is 2.25. The maximum absolute atomic E-state index is 13.0. The number of benzene rings is 2. The summed E-state index contributed by atoms with van der Waals surface area (Å²) in [5, 5.41) is 2.98. The first-order valence-corrected chi connectivity index (χ1v) is 13.0. The van der Waals surface area contributed by atoms with Crippen molar-refractivity contribution in [3.05, 3.63) is 59.7 Å². The number of carbonyl (C=O) groups is 1. The summed E-state index contributed by atoms with van der Waals surface area (Å²) >= 11 is 1.77. The molecule has 0 aromatic heterocycles. The SMILES string of the molecule is COc1ccc(S(=O)(=O)N2CCC[C@@H](C(=O)NCCSCc3ccc(C)cc3)C2)cc1. The van der Waals surface area contributed by atoms with Gasteiger partial charge in [0.15, 0.2) is 0 Å². The molecule has 31 heavy (non-hydrogen) atoms. The predicted molar refractivity (Wildman–Crippen MR) is 125 cm³/mol. The van der Waals surface area contributed by atoms with Crippen molar-refractivity contribution < 1.29 is 17.9 Å². The average Bonchev–Trinajstić information content (AvgIpc) is 2.80. The van der Waals surface area contributed by atoms with E-state index in [2.05, 4.69) is 36.5 Å². The molecule has 0 spiro atoms. The van der Waals surface area contributed by atoms with E-state index >= 15 is 0 Å². The molecule has 1 fully saturated rings. The van der Waals surface area contributed by atoms with Crippen LogP contribution in [0.5, 0.6) is 5.75 Å². The van der Waals surface area contributed by atoms with Crippen molar-refractivity contribution in [2.45, 2.75) is 30.4 Å². The molecule has 0 unspecified atom stereocenters. The third kappa shape index (κ3) is 6.48. The molecule has 1 heterocycles. The molecule has 2 aromatic rings. The number of piperidine rings is 1. The Balaban J connectivity index is 1.46. The van der Waals surface area contributed by atoms with E-state index in [1.165, 1.54) is 15.4 Å². The number of nitrogens with zero attached hydrogens (tertiary/aromatic N) is 1. The number of carbonyl (C=O) groups excluding carboxylic acids is 1. The lowest BCUT2D eigenvalue weighted by Crippen LogP contribution is -2.45. The monoisotopic (exact) mass is 462 g/mol. The number of methoxy groups -OCH3 is 1.